The number of hydrogen-bond acceptors (Lipinski definition) is 4. The summed E-state index contributed by atoms with van der Waals surface area (Å²) in [5, 5.41) is 13.8. The Morgan fingerprint density at radius 3 is 2.57 bits per heavy atom. The summed E-state index contributed by atoms with van der Waals surface area (Å²) >= 11 is 0. The zero-order valence-corrected chi connectivity index (χ0v) is 14.6. The Labute approximate surface area is 158 Å². The smallest absolute Gasteiger partial charge is 0.272 e. The van der Waals surface area contributed by atoms with Crippen LogP contribution >= 0.6 is 0 Å². The SMILES string of the molecule is C=C[C@]1(NC(=O)c2[nH]ncc2NC(=O)c2c(F)cccc2F)CCC(=O)NC1. The molecule has 3 amide bonds. The molecule has 3 rings (SSSR count). The number of anilines is 1. The van der Waals surface area contributed by atoms with E-state index in [1.54, 1.807) is 0 Å². The fraction of sp³-hybridized carbons (Fsp3) is 0.222. The molecule has 0 unspecified atom stereocenters. The molecule has 8 nitrogen and oxygen atoms in total. The Balaban J connectivity index is 1.78. The van der Waals surface area contributed by atoms with Crippen LogP contribution in [-0.2, 0) is 4.79 Å². The lowest BCUT2D eigenvalue weighted by Crippen LogP contribution is -2.57. The third-order valence-corrected chi connectivity index (χ3v) is 4.46. The molecule has 2 aromatic rings. The fourth-order valence-electron chi connectivity index (χ4n) is 2.84. The minimum Gasteiger partial charge on any atom is -0.353 e. The molecule has 1 fully saturated rings. The first-order chi connectivity index (χ1) is 13.3. The lowest BCUT2D eigenvalue weighted by molar-refractivity contribution is -0.123. The van der Waals surface area contributed by atoms with Crippen molar-refractivity contribution >= 4 is 23.4 Å². The van der Waals surface area contributed by atoms with Crippen molar-refractivity contribution < 1.29 is 23.2 Å². The van der Waals surface area contributed by atoms with Crippen molar-refractivity contribution in [2.24, 2.45) is 0 Å². The van der Waals surface area contributed by atoms with Crippen molar-refractivity contribution in [1.82, 2.24) is 20.8 Å². The van der Waals surface area contributed by atoms with Gasteiger partial charge >= 0.3 is 0 Å². The van der Waals surface area contributed by atoms with Crippen LogP contribution in [-0.4, -0.2) is 40.0 Å². The number of carbonyl (C=O) groups excluding carboxylic acids is 3. The molecule has 1 aromatic heterocycles. The zero-order valence-electron chi connectivity index (χ0n) is 14.6. The number of hydrogen-bond donors (Lipinski definition) is 4. The van der Waals surface area contributed by atoms with E-state index in [0.29, 0.717) is 6.42 Å². The van der Waals surface area contributed by atoms with Crippen molar-refractivity contribution in [3.63, 3.8) is 0 Å². The quantitative estimate of drug-likeness (QED) is 0.580. The maximum Gasteiger partial charge on any atom is 0.272 e. The molecule has 0 spiro atoms. The molecule has 0 radical (unpaired) electrons. The van der Waals surface area contributed by atoms with Gasteiger partial charge < -0.3 is 16.0 Å². The molecule has 10 heteroatoms. The Kier molecular flexibility index (Phi) is 5.21. The number of H-pyrrole nitrogens is 1. The molecule has 0 aliphatic carbocycles. The van der Waals surface area contributed by atoms with Crippen molar-refractivity contribution in [2.45, 2.75) is 18.4 Å². The normalized spacial score (nSPS) is 18.9. The van der Waals surface area contributed by atoms with Gasteiger partial charge in [-0.25, -0.2) is 8.78 Å². The first kappa shape index (κ1) is 19.2. The maximum absolute atomic E-state index is 13.8. The topological polar surface area (TPSA) is 116 Å². The van der Waals surface area contributed by atoms with Crippen molar-refractivity contribution in [3.05, 3.63) is 59.9 Å². The number of aromatic amines is 1. The van der Waals surface area contributed by atoms with E-state index < -0.39 is 34.6 Å². The molecule has 0 bridgehead atoms. The largest absolute Gasteiger partial charge is 0.353 e. The lowest BCUT2D eigenvalue weighted by atomic mass is 9.89. The average molecular weight is 389 g/mol. The van der Waals surface area contributed by atoms with E-state index in [2.05, 4.69) is 32.7 Å². The van der Waals surface area contributed by atoms with Crippen LogP contribution in [0, 0.1) is 11.6 Å². The minimum atomic E-state index is -1.06. The average Bonchev–Trinajstić information content (AvgIpc) is 3.12. The molecule has 1 atom stereocenters. The summed E-state index contributed by atoms with van der Waals surface area (Å²) in [5.41, 5.74) is -1.80. The lowest BCUT2D eigenvalue weighted by Gasteiger charge is -2.35. The number of carbonyl (C=O) groups is 3. The number of nitrogens with zero attached hydrogens (tertiary/aromatic N) is 1. The van der Waals surface area contributed by atoms with Gasteiger partial charge in [0.2, 0.25) is 5.91 Å². The van der Waals surface area contributed by atoms with E-state index in [1.807, 2.05) is 0 Å². The van der Waals surface area contributed by atoms with Gasteiger partial charge in [-0.1, -0.05) is 12.1 Å². The summed E-state index contributed by atoms with van der Waals surface area (Å²) < 4.78 is 27.6. The Hall–Kier alpha value is -3.56. The molecule has 0 saturated carbocycles. The molecule has 1 aromatic carbocycles. The van der Waals surface area contributed by atoms with Crippen molar-refractivity contribution in [1.29, 1.82) is 0 Å². The number of nitrogens with one attached hydrogen (secondary N) is 4. The predicted octanol–water partition coefficient (Wildman–Crippen LogP) is 1.50. The van der Waals surface area contributed by atoms with Crippen LogP contribution in [0.25, 0.3) is 0 Å². The number of benzene rings is 1. The third kappa shape index (κ3) is 3.75. The first-order valence-corrected chi connectivity index (χ1v) is 8.37. The summed E-state index contributed by atoms with van der Waals surface area (Å²) in [4.78, 5) is 36.3. The highest BCUT2D eigenvalue weighted by atomic mass is 19.1. The summed E-state index contributed by atoms with van der Waals surface area (Å²) in [5.74, 6) is -3.88. The standard InChI is InChI=1S/C18H17F2N5O3/c1-2-18(7-6-13(26)21-9-18)24-17(28)15-12(8-22-25-15)23-16(27)14-10(19)4-3-5-11(14)20/h2-5,8H,1,6-7,9H2,(H,21,26)(H,22,25)(H,23,27)(H,24,28)/t18-/m0/s1. The number of piperidine rings is 1. The molecule has 1 aliphatic rings. The van der Waals surface area contributed by atoms with Gasteiger partial charge in [0.25, 0.3) is 11.8 Å². The molecule has 2 heterocycles. The highest BCUT2D eigenvalue weighted by Gasteiger charge is 2.34. The van der Waals surface area contributed by atoms with Crippen LogP contribution in [0.2, 0.25) is 0 Å². The predicted molar refractivity (Wildman–Crippen MR) is 95.5 cm³/mol. The van der Waals surface area contributed by atoms with Gasteiger partial charge in [0.15, 0.2) is 0 Å². The molecule has 28 heavy (non-hydrogen) atoms. The summed E-state index contributed by atoms with van der Waals surface area (Å²) in [6.07, 6.45) is 3.23. The van der Waals surface area contributed by atoms with E-state index in [-0.39, 0.29) is 30.3 Å². The van der Waals surface area contributed by atoms with Gasteiger partial charge in [0.1, 0.15) is 22.9 Å². The van der Waals surface area contributed by atoms with Crippen LogP contribution in [0.5, 0.6) is 0 Å². The van der Waals surface area contributed by atoms with Crippen LogP contribution in [0.3, 0.4) is 0 Å². The number of amides is 3. The molecule has 4 N–H and O–H groups in total. The van der Waals surface area contributed by atoms with Crippen molar-refractivity contribution in [3.8, 4) is 0 Å². The molecular formula is C18H17F2N5O3. The Morgan fingerprint density at radius 2 is 1.96 bits per heavy atom. The van der Waals surface area contributed by atoms with E-state index >= 15 is 0 Å². The van der Waals surface area contributed by atoms with E-state index in [1.165, 1.54) is 6.08 Å². The summed E-state index contributed by atoms with van der Waals surface area (Å²) in [6.45, 7) is 3.86. The van der Waals surface area contributed by atoms with Gasteiger partial charge in [-0.05, 0) is 18.6 Å². The first-order valence-electron chi connectivity index (χ1n) is 8.37. The molecule has 1 saturated heterocycles. The van der Waals surface area contributed by atoms with Gasteiger partial charge in [0.05, 0.1) is 17.4 Å². The minimum absolute atomic E-state index is 0.0517. The van der Waals surface area contributed by atoms with Gasteiger partial charge in [-0.15, -0.1) is 6.58 Å². The Bertz CT molecular complexity index is 926. The van der Waals surface area contributed by atoms with E-state index in [0.717, 1.165) is 24.4 Å². The van der Waals surface area contributed by atoms with Gasteiger partial charge in [-0.3, -0.25) is 19.5 Å². The number of rotatable bonds is 5. The van der Waals surface area contributed by atoms with Crippen LogP contribution in [0.1, 0.15) is 33.7 Å². The molecule has 1 aliphatic heterocycles. The highest BCUT2D eigenvalue weighted by Crippen LogP contribution is 2.21. The monoisotopic (exact) mass is 389 g/mol. The summed E-state index contributed by atoms with van der Waals surface area (Å²) in [6, 6.07) is 3.04. The Morgan fingerprint density at radius 1 is 1.25 bits per heavy atom. The summed E-state index contributed by atoms with van der Waals surface area (Å²) in [7, 11) is 0. The van der Waals surface area contributed by atoms with Crippen LogP contribution in [0.15, 0.2) is 37.1 Å². The number of aromatic nitrogens is 2. The van der Waals surface area contributed by atoms with E-state index in [9.17, 15) is 23.2 Å². The zero-order chi connectivity index (χ0) is 20.3. The second-order valence-electron chi connectivity index (χ2n) is 6.30. The second kappa shape index (κ2) is 7.59. The molecular weight excluding hydrogens is 372 g/mol. The van der Waals surface area contributed by atoms with Crippen LogP contribution in [0.4, 0.5) is 14.5 Å². The number of halogens is 2. The van der Waals surface area contributed by atoms with E-state index in [4.69, 9.17) is 0 Å². The third-order valence-electron chi connectivity index (χ3n) is 4.46. The van der Waals surface area contributed by atoms with Gasteiger partial charge in [0, 0.05) is 13.0 Å². The highest BCUT2D eigenvalue weighted by molar-refractivity contribution is 6.08. The van der Waals surface area contributed by atoms with Crippen molar-refractivity contribution in [2.75, 3.05) is 11.9 Å². The van der Waals surface area contributed by atoms with Crippen LogP contribution < -0.4 is 16.0 Å². The second-order valence-corrected chi connectivity index (χ2v) is 6.30. The fourth-order valence-corrected chi connectivity index (χ4v) is 2.84. The van der Waals surface area contributed by atoms with Gasteiger partial charge in [-0.2, -0.15) is 5.10 Å². The maximum atomic E-state index is 13.8. The molecule has 146 valence electrons.